The molecule has 5 aromatic rings. The van der Waals surface area contributed by atoms with Crippen molar-refractivity contribution in [2.45, 2.75) is 76.3 Å². The predicted molar refractivity (Wildman–Crippen MR) is 154 cm³/mol. The number of ether oxygens (including phenoxy) is 2. The third kappa shape index (κ3) is 2.77. The summed E-state index contributed by atoms with van der Waals surface area (Å²) in [6, 6.07) is 16.1. The Morgan fingerprint density at radius 3 is 2.50 bits per heavy atom. The van der Waals surface area contributed by atoms with Crippen LogP contribution >= 0.6 is 0 Å². The highest BCUT2D eigenvalue weighted by atomic mass is 16.6. The summed E-state index contributed by atoms with van der Waals surface area (Å²) in [4.78, 5) is 27.3. The van der Waals surface area contributed by atoms with Gasteiger partial charge in [-0.15, -0.1) is 0 Å². The zero-order chi connectivity index (χ0) is 27.4. The second-order valence-corrected chi connectivity index (χ2v) is 11.8. The predicted octanol–water partition coefficient (Wildman–Crippen LogP) is 6.49. The van der Waals surface area contributed by atoms with Gasteiger partial charge in [-0.3, -0.25) is 4.79 Å². The molecule has 40 heavy (non-hydrogen) atoms. The maximum atomic E-state index is 13.8. The molecule has 3 atom stereocenters. The SMILES string of the molecule is CCCCCCOC(=O)[C@@]1(O)C[C@H]2O[C@]1(C)n1c3ccccc3c3c4c(c5c6ccccc6n2c5c31)C(=O)CC4. The van der Waals surface area contributed by atoms with E-state index >= 15 is 0 Å². The molecule has 2 bridgehead atoms. The second kappa shape index (κ2) is 8.18. The molecule has 0 saturated carbocycles. The van der Waals surface area contributed by atoms with Gasteiger partial charge in [0.05, 0.1) is 28.7 Å². The topological polar surface area (TPSA) is 82.7 Å². The second-order valence-electron chi connectivity index (χ2n) is 11.8. The Morgan fingerprint density at radius 1 is 1.00 bits per heavy atom. The van der Waals surface area contributed by atoms with E-state index in [1.165, 1.54) is 0 Å². The molecule has 0 unspecified atom stereocenters. The van der Waals surface area contributed by atoms with Crippen LogP contribution < -0.4 is 0 Å². The smallest absolute Gasteiger partial charge is 0.343 e. The average Bonchev–Trinajstić information content (AvgIpc) is 3.65. The Bertz CT molecular complexity index is 1910. The number of para-hydroxylation sites is 2. The Labute approximate surface area is 231 Å². The number of carbonyl (C=O) groups is 2. The van der Waals surface area contributed by atoms with Gasteiger partial charge in [-0.25, -0.2) is 4.79 Å². The molecule has 3 aliphatic rings. The molecule has 2 aliphatic heterocycles. The fourth-order valence-corrected chi connectivity index (χ4v) is 7.77. The number of benzene rings is 3. The van der Waals surface area contributed by atoms with Crippen LogP contribution in [-0.2, 0) is 26.4 Å². The molecular weight excluding hydrogens is 504 g/mol. The summed E-state index contributed by atoms with van der Waals surface area (Å²) in [5, 5.41) is 16.3. The van der Waals surface area contributed by atoms with E-state index in [4.69, 9.17) is 9.47 Å². The van der Waals surface area contributed by atoms with Crippen LogP contribution in [0.2, 0.25) is 0 Å². The standard InChI is InChI=1S/C33H32N2O5/c1-3-4-5-10-17-39-31(37)33(38)18-25-34-22-13-8-6-11-19(22)28-27-21(15-16-24(27)36)26-20-12-7-9-14-23(20)35(30(26)29(28)34)32(33,2)40-25/h6-9,11-14,25,38H,3-5,10,15-18H2,1-2H3/t25-,32+,33+/m1/s1. The lowest BCUT2D eigenvalue weighted by atomic mass is 9.88. The number of esters is 1. The van der Waals surface area contributed by atoms with Crippen LogP contribution in [0.4, 0.5) is 0 Å². The summed E-state index contributed by atoms with van der Waals surface area (Å²) in [6.45, 7) is 4.23. The summed E-state index contributed by atoms with van der Waals surface area (Å²) >= 11 is 0. The third-order valence-corrected chi connectivity index (χ3v) is 9.63. The minimum absolute atomic E-state index is 0.0452. The molecule has 7 nitrogen and oxygen atoms in total. The Kier molecular flexibility index (Phi) is 4.94. The first-order valence-corrected chi connectivity index (χ1v) is 14.5. The van der Waals surface area contributed by atoms with Crippen LogP contribution in [0, 0.1) is 0 Å². The van der Waals surface area contributed by atoms with Gasteiger partial charge >= 0.3 is 5.97 Å². The summed E-state index contributed by atoms with van der Waals surface area (Å²) < 4.78 is 16.7. The number of aromatic nitrogens is 2. The van der Waals surface area contributed by atoms with Gasteiger partial charge in [0.1, 0.15) is 6.23 Å². The molecular formula is C33H32N2O5. The molecule has 3 aromatic carbocycles. The largest absolute Gasteiger partial charge is 0.463 e. The summed E-state index contributed by atoms with van der Waals surface area (Å²) in [7, 11) is 0. The lowest BCUT2D eigenvalue weighted by Gasteiger charge is -2.37. The summed E-state index contributed by atoms with van der Waals surface area (Å²) in [5.74, 6) is -0.478. The van der Waals surface area contributed by atoms with Gasteiger partial charge in [-0.1, -0.05) is 62.6 Å². The van der Waals surface area contributed by atoms with Crippen molar-refractivity contribution in [3.63, 3.8) is 0 Å². The highest BCUT2D eigenvalue weighted by Gasteiger charge is 2.66. The zero-order valence-electron chi connectivity index (χ0n) is 22.8. The van der Waals surface area contributed by atoms with E-state index in [0.717, 1.165) is 80.4 Å². The number of fused-ring (bicyclic) bond motifs is 13. The molecule has 0 radical (unpaired) electrons. The Morgan fingerprint density at radius 2 is 1.73 bits per heavy atom. The van der Waals surface area contributed by atoms with Crippen LogP contribution in [0.1, 0.15) is 74.5 Å². The number of unbranched alkanes of at least 4 members (excludes halogenated alkanes) is 3. The van der Waals surface area contributed by atoms with Gasteiger partial charge in [0.15, 0.2) is 11.5 Å². The molecule has 0 spiro atoms. The van der Waals surface area contributed by atoms with E-state index < -0.39 is 23.5 Å². The number of nitrogens with zero attached hydrogens (tertiary/aromatic N) is 2. The van der Waals surface area contributed by atoms with Gasteiger partial charge in [0.2, 0.25) is 5.60 Å². The van der Waals surface area contributed by atoms with E-state index in [9.17, 15) is 14.7 Å². The number of aliphatic hydroxyl groups is 1. The minimum atomic E-state index is -1.92. The number of aryl methyl sites for hydroxylation is 1. The van der Waals surface area contributed by atoms with Crippen LogP contribution in [0.5, 0.6) is 0 Å². The average molecular weight is 537 g/mol. The van der Waals surface area contributed by atoms with Crippen molar-refractivity contribution in [2.75, 3.05) is 6.61 Å². The molecule has 1 fully saturated rings. The van der Waals surface area contributed by atoms with Crippen LogP contribution in [0.3, 0.4) is 0 Å². The first kappa shape index (κ1) is 24.1. The van der Waals surface area contributed by atoms with Gasteiger partial charge in [-0.05, 0) is 37.5 Å². The quantitative estimate of drug-likeness (QED) is 0.198. The van der Waals surface area contributed by atoms with Gasteiger partial charge in [0, 0.05) is 39.9 Å². The van der Waals surface area contributed by atoms with Crippen LogP contribution in [0.15, 0.2) is 48.5 Å². The third-order valence-electron chi connectivity index (χ3n) is 9.63. The molecule has 4 heterocycles. The zero-order valence-corrected chi connectivity index (χ0v) is 22.8. The van der Waals surface area contributed by atoms with E-state index in [-0.39, 0.29) is 18.8 Å². The van der Waals surface area contributed by atoms with Crippen molar-refractivity contribution in [2.24, 2.45) is 0 Å². The van der Waals surface area contributed by atoms with Crippen molar-refractivity contribution in [3.05, 3.63) is 59.7 Å². The van der Waals surface area contributed by atoms with Crippen molar-refractivity contribution in [1.29, 1.82) is 0 Å². The Balaban J connectivity index is 1.47. The fraction of sp³-hybridized carbons (Fsp3) is 0.394. The highest BCUT2D eigenvalue weighted by Crippen LogP contribution is 2.58. The highest BCUT2D eigenvalue weighted by molar-refractivity contribution is 6.31. The number of hydrogen-bond donors (Lipinski definition) is 1. The lowest BCUT2D eigenvalue weighted by Crippen LogP contribution is -2.56. The van der Waals surface area contributed by atoms with Crippen molar-refractivity contribution >= 4 is 55.4 Å². The molecule has 1 saturated heterocycles. The number of carbonyl (C=O) groups excluding carboxylic acids is 2. The van der Waals surface area contributed by atoms with Crippen molar-refractivity contribution < 1.29 is 24.2 Å². The maximum Gasteiger partial charge on any atom is 0.343 e. The normalized spacial score (nSPS) is 25.1. The fourth-order valence-electron chi connectivity index (χ4n) is 7.77. The number of ketones is 1. The first-order chi connectivity index (χ1) is 19.4. The van der Waals surface area contributed by atoms with Gasteiger partial charge in [-0.2, -0.15) is 0 Å². The summed E-state index contributed by atoms with van der Waals surface area (Å²) in [5.41, 5.74) is 2.14. The first-order valence-electron chi connectivity index (χ1n) is 14.5. The van der Waals surface area contributed by atoms with E-state index in [0.29, 0.717) is 12.8 Å². The molecule has 1 N–H and O–H groups in total. The number of hydrogen-bond acceptors (Lipinski definition) is 5. The number of Topliss-reactive ketones (excluding diaryl/α,β-unsaturated/α-hetero) is 1. The monoisotopic (exact) mass is 536 g/mol. The molecule has 1 aliphatic carbocycles. The molecule has 2 aromatic heterocycles. The maximum absolute atomic E-state index is 13.8. The van der Waals surface area contributed by atoms with Crippen molar-refractivity contribution in [3.8, 4) is 0 Å². The van der Waals surface area contributed by atoms with Crippen LogP contribution in [0.25, 0.3) is 43.6 Å². The minimum Gasteiger partial charge on any atom is -0.463 e. The molecule has 8 rings (SSSR count). The molecule has 7 heteroatoms. The van der Waals surface area contributed by atoms with E-state index in [1.807, 2.05) is 47.9 Å². The van der Waals surface area contributed by atoms with E-state index in [1.54, 1.807) is 0 Å². The summed E-state index contributed by atoms with van der Waals surface area (Å²) in [6.07, 6.45) is 4.48. The molecule has 204 valence electrons. The lowest BCUT2D eigenvalue weighted by molar-refractivity contribution is -0.204. The van der Waals surface area contributed by atoms with E-state index in [2.05, 4.69) is 23.6 Å². The Hall–Kier alpha value is -3.68. The van der Waals surface area contributed by atoms with Crippen molar-refractivity contribution in [1.82, 2.24) is 9.13 Å². The molecule has 0 amide bonds. The van der Waals surface area contributed by atoms with Gasteiger partial charge in [0.25, 0.3) is 0 Å². The number of rotatable bonds is 6. The van der Waals surface area contributed by atoms with Crippen LogP contribution in [-0.4, -0.2) is 38.2 Å². The van der Waals surface area contributed by atoms with Gasteiger partial charge < -0.3 is 23.7 Å².